The van der Waals surface area contributed by atoms with Crippen molar-refractivity contribution in [2.45, 2.75) is 0 Å². The van der Waals surface area contributed by atoms with Crippen molar-refractivity contribution in [3.05, 3.63) is 60.7 Å². The van der Waals surface area contributed by atoms with Crippen molar-refractivity contribution in [3.8, 4) is 27.8 Å². The Bertz CT molecular complexity index is 1240. The van der Waals surface area contributed by atoms with Crippen LogP contribution in [0.5, 0.6) is 5.75 Å². The number of hydrogen-bond donors (Lipinski definition) is 0. The average Bonchev–Trinajstić information content (AvgIpc) is 3.28. The molecule has 5 rings (SSSR count). The third-order valence-electron chi connectivity index (χ3n) is 4.16. The predicted molar refractivity (Wildman–Crippen MR) is 101 cm³/mol. The number of para-hydroxylation sites is 2. The molecule has 3 aromatic heterocycles. The van der Waals surface area contributed by atoms with Gasteiger partial charge in [0.25, 0.3) is 0 Å². The molecular formula is C19H13N5OS. The predicted octanol–water partition coefficient (Wildman–Crippen LogP) is 4.08. The van der Waals surface area contributed by atoms with Crippen LogP contribution in [0.3, 0.4) is 0 Å². The minimum absolute atomic E-state index is 0.653. The smallest absolute Gasteiger partial charge is 0.235 e. The number of hydrogen-bond acceptors (Lipinski definition) is 6. The highest BCUT2D eigenvalue weighted by atomic mass is 32.1. The minimum Gasteiger partial charge on any atom is -0.496 e. The Morgan fingerprint density at radius 2 is 1.77 bits per heavy atom. The van der Waals surface area contributed by atoms with Gasteiger partial charge in [0.1, 0.15) is 11.4 Å². The van der Waals surface area contributed by atoms with E-state index in [0.717, 1.165) is 37.9 Å². The Morgan fingerprint density at radius 1 is 0.923 bits per heavy atom. The molecule has 26 heavy (non-hydrogen) atoms. The van der Waals surface area contributed by atoms with Gasteiger partial charge in [0, 0.05) is 5.39 Å². The molecule has 0 amide bonds. The summed E-state index contributed by atoms with van der Waals surface area (Å²) in [7, 11) is 1.64. The standard InChI is InChI=1S/C19H13N5OS/c1-25-16-9-5-3-7-13(16)17-21-22-19-24(17)23-18(26-19)15-11-10-12-6-2-4-8-14(12)20-15/h2-11H,1H3. The number of methoxy groups -OCH3 is 1. The van der Waals surface area contributed by atoms with Gasteiger partial charge in [-0.3, -0.25) is 0 Å². The fourth-order valence-corrected chi connectivity index (χ4v) is 3.71. The molecule has 0 saturated carbocycles. The third kappa shape index (κ3) is 2.33. The van der Waals surface area contributed by atoms with E-state index in [4.69, 9.17) is 14.8 Å². The molecule has 0 fully saturated rings. The maximum Gasteiger partial charge on any atom is 0.235 e. The van der Waals surface area contributed by atoms with Gasteiger partial charge in [-0.15, -0.1) is 10.2 Å². The first-order valence-corrected chi connectivity index (χ1v) is 8.87. The van der Waals surface area contributed by atoms with Crippen LogP contribution in [-0.4, -0.2) is 31.9 Å². The summed E-state index contributed by atoms with van der Waals surface area (Å²) in [5.74, 6) is 1.39. The number of benzene rings is 2. The molecule has 0 saturated heterocycles. The largest absolute Gasteiger partial charge is 0.496 e. The third-order valence-corrected chi connectivity index (χ3v) is 5.08. The van der Waals surface area contributed by atoms with Gasteiger partial charge >= 0.3 is 0 Å². The van der Waals surface area contributed by atoms with E-state index in [1.807, 2.05) is 54.6 Å². The summed E-state index contributed by atoms with van der Waals surface area (Å²) in [5.41, 5.74) is 2.62. The molecule has 6 nitrogen and oxygen atoms in total. The van der Waals surface area contributed by atoms with E-state index in [-0.39, 0.29) is 0 Å². The van der Waals surface area contributed by atoms with Crippen LogP contribution < -0.4 is 4.74 Å². The molecule has 2 aromatic carbocycles. The van der Waals surface area contributed by atoms with Crippen molar-refractivity contribution in [1.82, 2.24) is 24.8 Å². The average molecular weight is 359 g/mol. The Morgan fingerprint density at radius 3 is 2.69 bits per heavy atom. The molecule has 0 aliphatic heterocycles. The lowest BCUT2D eigenvalue weighted by molar-refractivity contribution is 0.416. The van der Waals surface area contributed by atoms with Crippen LogP contribution in [0.2, 0.25) is 0 Å². The molecular weight excluding hydrogens is 346 g/mol. The van der Waals surface area contributed by atoms with Crippen molar-refractivity contribution < 1.29 is 4.74 Å². The Hall–Kier alpha value is -3.32. The van der Waals surface area contributed by atoms with Crippen LogP contribution in [-0.2, 0) is 0 Å². The Balaban J connectivity index is 1.65. The first kappa shape index (κ1) is 15.0. The van der Waals surface area contributed by atoms with E-state index in [9.17, 15) is 0 Å². The van der Waals surface area contributed by atoms with E-state index in [0.29, 0.717) is 5.82 Å². The minimum atomic E-state index is 0.653. The topological polar surface area (TPSA) is 65.2 Å². The van der Waals surface area contributed by atoms with Gasteiger partial charge in [0.2, 0.25) is 4.96 Å². The molecule has 0 aliphatic carbocycles. The number of ether oxygens (including phenoxy) is 1. The highest BCUT2D eigenvalue weighted by Gasteiger charge is 2.17. The Labute approximate surface area is 152 Å². The van der Waals surface area contributed by atoms with Gasteiger partial charge in [0.15, 0.2) is 10.8 Å². The number of aromatic nitrogens is 5. The number of fused-ring (bicyclic) bond motifs is 2. The quantitative estimate of drug-likeness (QED) is 0.486. The van der Waals surface area contributed by atoms with E-state index in [2.05, 4.69) is 16.3 Å². The maximum absolute atomic E-state index is 5.44. The lowest BCUT2D eigenvalue weighted by Crippen LogP contribution is -1.94. The van der Waals surface area contributed by atoms with Crippen LogP contribution in [0.25, 0.3) is 38.0 Å². The first-order chi connectivity index (χ1) is 12.8. The molecule has 0 N–H and O–H groups in total. The lowest BCUT2D eigenvalue weighted by atomic mass is 10.2. The normalized spacial score (nSPS) is 11.3. The second-order valence-corrected chi connectivity index (χ2v) is 6.67. The van der Waals surface area contributed by atoms with Crippen molar-refractivity contribution in [1.29, 1.82) is 0 Å². The highest BCUT2D eigenvalue weighted by molar-refractivity contribution is 7.19. The second kappa shape index (κ2) is 5.89. The molecule has 0 radical (unpaired) electrons. The monoisotopic (exact) mass is 359 g/mol. The van der Waals surface area contributed by atoms with E-state index < -0.39 is 0 Å². The second-order valence-electron chi connectivity index (χ2n) is 5.71. The van der Waals surface area contributed by atoms with E-state index >= 15 is 0 Å². The molecule has 5 aromatic rings. The SMILES string of the molecule is COc1ccccc1-c1nnc2sc(-c3ccc4ccccc4n3)nn12. The summed E-state index contributed by atoms with van der Waals surface area (Å²) in [5, 5.41) is 15.1. The molecule has 0 atom stereocenters. The van der Waals surface area contributed by atoms with Gasteiger partial charge in [-0.05, 0) is 24.3 Å². The van der Waals surface area contributed by atoms with Gasteiger partial charge in [-0.2, -0.15) is 9.61 Å². The van der Waals surface area contributed by atoms with Crippen molar-refractivity contribution in [3.63, 3.8) is 0 Å². The van der Waals surface area contributed by atoms with Gasteiger partial charge < -0.3 is 4.74 Å². The summed E-state index contributed by atoms with van der Waals surface area (Å²) in [6.07, 6.45) is 0. The van der Waals surface area contributed by atoms with Crippen LogP contribution in [0.15, 0.2) is 60.7 Å². The zero-order chi connectivity index (χ0) is 17.5. The molecule has 7 heteroatoms. The lowest BCUT2D eigenvalue weighted by Gasteiger charge is -2.04. The highest BCUT2D eigenvalue weighted by Crippen LogP contribution is 2.31. The van der Waals surface area contributed by atoms with Crippen molar-refractivity contribution in [2.24, 2.45) is 0 Å². The van der Waals surface area contributed by atoms with Crippen LogP contribution in [0, 0.1) is 0 Å². The zero-order valence-electron chi connectivity index (χ0n) is 13.8. The van der Waals surface area contributed by atoms with Crippen LogP contribution in [0.1, 0.15) is 0 Å². The fraction of sp³-hybridized carbons (Fsp3) is 0.0526. The van der Waals surface area contributed by atoms with Gasteiger partial charge in [-0.1, -0.05) is 47.7 Å². The van der Waals surface area contributed by atoms with Crippen LogP contribution >= 0.6 is 11.3 Å². The maximum atomic E-state index is 5.44. The molecule has 0 aliphatic rings. The molecule has 0 unspecified atom stereocenters. The summed E-state index contributed by atoms with van der Waals surface area (Å²) in [6.45, 7) is 0. The summed E-state index contributed by atoms with van der Waals surface area (Å²) >= 11 is 1.46. The number of rotatable bonds is 3. The Kier molecular flexibility index (Phi) is 3.39. The van der Waals surface area contributed by atoms with Crippen molar-refractivity contribution in [2.75, 3.05) is 7.11 Å². The summed E-state index contributed by atoms with van der Waals surface area (Å²) in [6, 6.07) is 19.8. The first-order valence-electron chi connectivity index (χ1n) is 8.05. The molecule has 0 spiro atoms. The van der Waals surface area contributed by atoms with E-state index in [1.165, 1.54) is 11.3 Å². The zero-order valence-corrected chi connectivity index (χ0v) is 14.6. The number of nitrogens with zero attached hydrogens (tertiary/aromatic N) is 5. The summed E-state index contributed by atoms with van der Waals surface area (Å²) < 4.78 is 7.18. The van der Waals surface area contributed by atoms with Gasteiger partial charge in [0.05, 0.1) is 18.2 Å². The fourth-order valence-electron chi connectivity index (χ4n) is 2.90. The van der Waals surface area contributed by atoms with Crippen LogP contribution in [0.4, 0.5) is 0 Å². The van der Waals surface area contributed by atoms with E-state index in [1.54, 1.807) is 11.6 Å². The summed E-state index contributed by atoms with van der Waals surface area (Å²) in [4.78, 5) is 5.44. The number of pyridine rings is 1. The van der Waals surface area contributed by atoms with Gasteiger partial charge in [-0.25, -0.2) is 4.98 Å². The molecule has 0 bridgehead atoms. The van der Waals surface area contributed by atoms with Crippen molar-refractivity contribution >= 4 is 27.2 Å². The molecule has 3 heterocycles. The molecule has 126 valence electrons.